The Bertz CT molecular complexity index is 961. The van der Waals surface area contributed by atoms with E-state index in [-0.39, 0.29) is 24.4 Å². The maximum Gasteiger partial charge on any atom is 0.412 e. The normalized spacial score (nSPS) is 23.0. The molecule has 0 unspecified atom stereocenters. The van der Waals surface area contributed by atoms with Crippen LogP contribution in [0.15, 0.2) is 48.5 Å². The summed E-state index contributed by atoms with van der Waals surface area (Å²) in [6.45, 7) is 2.22. The van der Waals surface area contributed by atoms with Gasteiger partial charge in [0.15, 0.2) is 0 Å². The Morgan fingerprint density at radius 1 is 1.17 bits per heavy atom. The van der Waals surface area contributed by atoms with Crippen LogP contribution in [0.4, 0.5) is 4.79 Å². The summed E-state index contributed by atoms with van der Waals surface area (Å²) in [7, 11) is 0. The van der Waals surface area contributed by atoms with Crippen molar-refractivity contribution in [3.05, 3.63) is 64.7 Å². The molecule has 4 rings (SSSR count). The van der Waals surface area contributed by atoms with Crippen molar-refractivity contribution < 1.29 is 19.1 Å². The molecule has 2 N–H and O–H groups in total. The number of aryl methyl sites for hydroxylation is 1. The van der Waals surface area contributed by atoms with Crippen LogP contribution in [0.3, 0.4) is 0 Å². The van der Waals surface area contributed by atoms with Crippen LogP contribution in [0.5, 0.6) is 5.75 Å². The zero-order chi connectivity index (χ0) is 21.3. The Morgan fingerprint density at radius 3 is 2.57 bits per heavy atom. The van der Waals surface area contributed by atoms with E-state index >= 15 is 0 Å². The van der Waals surface area contributed by atoms with E-state index in [9.17, 15) is 14.4 Å². The predicted molar refractivity (Wildman–Crippen MR) is 111 cm³/mol. The number of hydrogen-bond acceptors (Lipinski definition) is 4. The molecule has 3 amide bonds. The Morgan fingerprint density at radius 2 is 1.87 bits per heavy atom. The molecular formula is C22H22ClN3O4. The number of rotatable bonds is 4. The fourth-order valence-electron chi connectivity index (χ4n) is 3.87. The average molecular weight is 428 g/mol. The first-order valence-electron chi connectivity index (χ1n) is 9.79. The molecule has 0 radical (unpaired) electrons. The second-order valence-electron chi connectivity index (χ2n) is 7.68. The van der Waals surface area contributed by atoms with Gasteiger partial charge >= 0.3 is 6.09 Å². The number of hydrogen-bond donors (Lipinski definition) is 2. The summed E-state index contributed by atoms with van der Waals surface area (Å²) in [5, 5.41) is 6.19. The summed E-state index contributed by atoms with van der Waals surface area (Å²) in [4.78, 5) is 39.2. The summed E-state index contributed by atoms with van der Waals surface area (Å²) in [6.07, 6.45) is 0.140. The lowest BCUT2D eigenvalue weighted by Gasteiger charge is -2.34. The molecule has 0 spiro atoms. The largest absolute Gasteiger partial charge is 0.412 e. The molecule has 2 aromatic rings. The summed E-state index contributed by atoms with van der Waals surface area (Å²) in [6, 6.07) is 12.7. The second kappa shape index (κ2) is 8.36. The van der Waals surface area contributed by atoms with Crippen LogP contribution in [-0.4, -0.2) is 47.5 Å². The fourth-order valence-corrected chi connectivity index (χ4v) is 3.99. The average Bonchev–Trinajstić information content (AvgIpc) is 3.14. The number of carbonyl (C=O) groups is 3. The third-order valence-electron chi connectivity index (χ3n) is 5.41. The molecule has 30 heavy (non-hydrogen) atoms. The van der Waals surface area contributed by atoms with Gasteiger partial charge in [-0.25, -0.2) is 4.79 Å². The van der Waals surface area contributed by atoms with Crippen LogP contribution >= 0.6 is 11.6 Å². The highest BCUT2D eigenvalue weighted by atomic mass is 35.5. The number of ether oxygens (including phenoxy) is 1. The molecule has 0 aromatic heterocycles. The first kappa shape index (κ1) is 20.2. The van der Waals surface area contributed by atoms with E-state index in [1.165, 1.54) is 0 Å². The molecule has 0 aliphatic carbocycles. The van der Waals surface area contributed by atoms with Crippen LogP contribution in [0.1, 0.15) is 17.5 Å². The maximum atomic E-state index is 12.9. The smallest absolute Gasteiger partial charge is 0.410 e. The van der Waals surface area contributed by atoms with E-state index in [0.29, 0.717) is 23.6 Å². The van der Waals surface area contributed by atoms with Gasteiger partial charge in [0.2, 0.25) is 11.8 Å². The number of piperazine rings is 1. The van der Waals surface area contributed by atoms with Crippen molar-refractivity contribution >= 4 is 29.5 Å². The van der Waals surface area contributed by atoms with Crippen molar-refractivity contribution in [2.75, 3.05) is 6.54 Å². The summed E-state index contributed by atoms with van der Waals surface area (Å²) < 4.78 is 5.28. The van der Waals surface area contributed by atoms with Gasteiger partial charge in [0.1, 0.15) is 17.8 Å². The lowest BCUT2D eigenvalue weighted by Crippen LogP contribution is -2.61. The fraction of sp³-hybridized carbons (Fsp3) is 0.318. The third-order valence-corrected chi connectivity index (χ3v) is 5.66. The van der Waals surface area contributed by atoms with Gasteiger partial charge in [-0.2, -0.15) is 0 Å². The van der Waals surface area contributed by atoms with Gasteiger partial charge in [0.25, 0.3) is 0 Å². The first-order valence-corrected chi connectivity index (χ1v) is 10.2. The van der Waals surface area contributed by atoms with Crippen molar-refractivity contribution in [1.29, 1.82) is 0 Å². The molecule has 7 nitrogen and oxygen atoms in total. The van der Waals surface area contributed by atoms with Crippen LogP contribution < -0.4 is 15.4 Å². The molecule has 156 valence electrons. The van der Waals surface area contributed by atoms with Gasteiger partial charge in [0.05, 0.1) is 6.04 Å². The molecule has 2 aliphatic heterocycles. The number of amides is 3. The lowest BCUT2D eigenvalue weighted by atomic mass is 10.0. The maximum absolute atomic E-state index is 12.9. The standard InChI is InChI=1S/C22H22ClN3O4/c1-13-2-8-17(9-3-13)30-22(29)24-16-11-19-20(27)25-18(21(28)26(19)12-16)10-14-4-6-15(23)7-5-14/h2-9,16,18-19H,10-12H2,1H3,(H,24,29)(H,25,27)/t16-,18-,19-/m0/s1. The SMILES string of the molecule is Cc1ccc(OC(=O)N[C@H]2C[C@H]3C(=O)N[C@@H](Cc4ccc(Cl)cc4)C(=O)N3C2)cc1. The van der Waals surface area contributed by atoms with E-state index in [0.717, 1.165) is 11.1 Å². The molecule has 0 bridgehead atoms. The number of nitrogens with zero attached hydrogens (tertiary/aromatic N) is 1. The summed E-state index contributed by atoms with van der Waals surface area (Å²) in [5.41, 5.74) is 1.97. The zero-order valence-corrected chi connectivity index (χ0v) is 17.2. The Labute approximate surface area is 179 Å². The molecule has 0 saturated carbocycles. The number of halogens is 1. The predicted octanol–water partition coefficient (Wildman–Crippen LogP) is 2.45. The summed E-state index contributed by atoms with van der Waals surface area (Å²) >= 11 is 5.91. The van der Waals surface area contributed by atoms with Crippen LogP contribution in [0, 0.1) is 6.92 Å². The molecule has 3 atom stereocenters. The molecule has 2 saturated heterocycles. The monoisotopic (exact) mass is 427 g/mol. The molecule has 2 heterocycles. The second-order valence-corrected chi connectivity index (χ2v) is 8.11. The highest BCUT2D eigenvalue weighted by molar-refractivity contribution is 6.30. The molecular weight excluding hydrogens is 406 g/mol. The number of benzene rings is 2. The Hall–Kier alpha value is -3.06. The van der Waals surface area contributed by atoms with Gasteiger partial charge in [-0.1, -0.05) is 41.4 Å². The quantitative estimate of drug-likeness (QED) is 0.784. The molecule has 8 heteroatoms. The van der Waals surface area contributed by atoms with Crippen LogP contribution in [0.2, 0.25) is 5.02 Å². The minimum absolute atomic E-state index is 0.147. The van der Waals surface area contributed by atoms with Gasteiger partial charge in [-0.3, -0.25) is 9.59 Å². The Balaban J connectivity index is 1.36. The molecule has 2 aromatic carbocycles. The van der Waals surface area contributed by atoms with E-state index in [4.69, 9.17) is 16.3 Å². The van der Waals surface area contributed by atoms with Gasteiger partial charge in [0, 0.05) is 18.0 Å². The van der Waals surface area contributed by atoms with Crippen molar-refractivity contribution in [2.45, 2.75) is 37.9 Å². The molecule has 2 fully saturated rings. The number of nitrogens with one attached hydrogen (secondary N) is 2. The van der Waals surface area contributed by atoms with Crippen molar-refractivity contribution in [2.24, 2.45) is 0 Å². The van der Waals surface area contributed by atoms with Crippen molar-refractivity contribution in [1.82, 2.24) is 15.5 Å². The van der Waals surface area contributed by atoms with Gasteiger partial charge in [-0.15, -0.1) is 0 Å². The number of fused-ring (bicyclic) bond motifs is 1. The van der Waals surface area contributed by atoms with Crippen LogP contribution in [-0.2, 0) is 16.0 Å². The molecule has 2 aliphatic rings. The lowest BCUT2D eigenvalue weighted by molar-refractivity contribution is -0.147. The van der Waals surface area contributed by atoms with Gasteiger partial charge in [-0.05, 0) is 43.2 Å². The first-order chi connectivity index (χ1) is 14.4. The minimum Gasteiger partial charge on any atom is -0.410 e. The highest BCUT2D eigenvalue weighted by Gasteiger charge is 2.46. The highest BCUT2D eigenvalue weighted by Crippen LogP contribution is 2.24. The van der Waals surface area contributed by atoms with Crippen molar-refractivity contribution in [3.63, 3.8) is 0 Å². The van der Waals surface area contributed by atoms with E-state index < -0.39 is 18.2 Å². The number of carbonyl (C=O) groups excluding carboxylic acids is 3. The van der Waals surface area contributed by atoms with E-state index in [1.54, 1.807) is 29.2 Å². The van der Waals surface area contributed by atoms with Crippen molar-refractivity contribution in [3.8, 4) is 5.75 Å². The van der Waals surface area contributed by atoms with E-state index in [1.807, 2.05) is 31.2 Å². The topological polar surface area (TPSA) is 87.7 Å². The minimum atomic E-state index is -0.631. The third kappa shape index (κ3) is 4.41. The van der Waals surface area contributed by atoms with E-state index in [2.05, 4.69) is 10.6 Å². The zero-order valence-electron chi connectivity index (χ0n) is 16.4. The Kier molecular flexibility index (Phi) is 5.63. The van der Waals surface area contributed by atoms with Gasteiger partial charge < -0.3 is 20.3 Å². The van der Waals surface area contributed by atoms with Crippen LogP contribution in [0.25, 0.3) is 0 Å². The summed E-state index contributed by atoms with van der Waals surface area (Å²) in [5.74, 6) is 0.0844.